The highest BCUT2D eigenvalue weighted by Crippen LogP contribution is 2.30. The summed E-state index contributed by atoms with van der Waals surface area (Å²) in [5.41, 5.74) is 2.29. The molecule has 2 atom stereocenters. The molecule has 0 bridgehead atoms. The average Bonchev–Trinajstić information content (AvgIpc) is 2.80. The number of hydrogen-bond donors (Lipinski definition) is 1. The van der Waals surface area contributed by atoms with Crippen molar-refractivity contribution in [2.24, 2.45) is 0 Å². The molecule has 0 amide bonds. The highest BCUT2D eigenvalue weighted by Gasteiger charge is 2.27. The maximum atomic E-state index is 5.63. The first kappa shape index (κ1) is 11.7. The summed E-state index contributed by atoms with van der Waals surface area (Å²) in [5.74, 6) is 0. The molecule has 0 radical (unpaired) electrons. The molecule has 0 aliphatic carbocycles. The van der Waals surface area contributed by atoms with Crippen molar-refractivity contribution >= 4 is 45.8 Å². The molecule has 2 aromatic rings. The molecule has 1 N–H and O–H groups in total. The Balaban J connectivity index is 2.22. The maximum Gasteiger partial charge on any atom is 0.178 e. The molecule has 2 unspecified atom stereocenters. The standard InChI is InChI=1S/C12H13IN2OS/c1-7-10(4-5-16-7)15-11-3-2-8(13)6-9(11)14-12(15)17/h2-3,6-7,10H,4-5H2,1H3,(H,14,17). The van der Waals surface area contributed by atoms with Gasteiger partial charge < -0.3 is 14.3 Å². The van der Waals surface area contributed by atoms with E-state index in [1.165, 1.54) is 9.09 Å². The molecule has 17 heavy (non-hydrogen) atoms. The topological polar surface area (TPSA) is 29.9 Å². The predicted molar refractivity (Wildman–Crippen MR) is 78.9 cm³/mol. The molecular weight excluding hydrogens is 347 g/mol. The summed E-state index contributed by atoms with van der Waals surface area (Å²) < 4.78 is 9.85. The molecule has 1 fully saturated rings. The van der Waals surface area contributed by atoms with Crippen LogP contribution in [0.4, 0.5) is 0 Å². The summed E-state index contributed by atoms with van der Waals surface area (Å²) in [5, 5.41) is 0. The lowest BCUT2D eigenvalue weighted by Gasteiger charge is -2.16. The summed E-state index contributed by atoms with van der Waals surface area (Å²) in [7, 11) is 0. The number of nitrogens with one attached hydrogen (secondary N) is 1. The fraction of sp³-hybridized carbons (Fsp3) is 0.417. The Hall–Kier alpha value is -0.400. The third kappa shape index (κ3) is 1.94. The van der Waals surface area contributed by atoms with Gasteiger partial charge in [-0.1, -0.05) is 0 Å². The number of benzene rings is 1. The van der Waals surface area contributed by atoms with E-state index in [1.807, 2.05) is 0 Å². The molecule has 90 valence electrons. The lowest BCUT2D eigenvalue weighted by atomic mass is 10.1. The van der Waals surface area contributed by atoms with Crippen LogP contribution in [0.1, 0.15) is 19.4 Å². The van der Waals surface area contributed by atoms with Crippen LogP contribution in [0.2, 0.25) is 0 Å². The van der Waals surface area contributed by atoms with Crippen LogP contribution in [0.3, 0.4) is 0 Å². The number of halogens is 1. The second kappa shape index (κ2) is 4.37. The first-order valence-electron chi connectivity index (χ1n) is 5.68. The minimum absolute atomic E-state index is 0.236. The van der Waals surface area contributed by atoms with Crippen LogP contribution in [-0.2, 0) is 4.74 Å². The van der Waals surface area contributed by atoms with Gasteiger partial charge in [0.05, 0.1) is 23.2 Å². The van der Waals surface area contributed by atoms with E-state index in [1.54, 1.807) is 0 Å². The van der Waals surface area contributed by atoms with Gasteiger partial charge in [-0.15, -0.1) is 0 Å². The van der Waals surface area contributed by atoms with Crippen molar-refractivity contribution in [3.63, 3.8) is 0 Å². The zero-order valence-corrected chi connectivity index (χ0v) is 12.4. The molecular formula is C12H13IN2OS. The quantitative estimate of drug-likeness (QED) is 0.622. The van der Waals surface area contributed by atoms with Gasteiger partial charge in [-0.3, -0.25) is 0 Å². The van der Waals surface area contributed by atoms with Crippen molar-refractivity contribution in [3.8, 4) is 0 Å². The smallest absolute Gasteiger partial charge is 0.178 e. The Morgan fingerprint density at radius 3 is 3.06 bits per heavy atom. The van der Waals surface area contributed by atoms with Gasteiger partial charge in [0.2, 0.25) is 0 Å². The number of imidazole rings is 1. The molecule has 3 nitrogen and oxygen atoms in total. The zero-order chi connectivity index (χ0) is 12.0. The lowest BCUT2D eigenvalue weighted by molar-refractivity contribution is 0.108. The van der Waals surface area contributed by atoms with Crippen molar-refractivity contribution in [1.82, 2.24) is 9.55 Å². The highest BCUT2D eigenvalue weighted by atomic mass is 127. The third-order valence-corrected chi connectivity index (χ3v) is 4.32. The molecule has 1 aromatic carbocycles. The number of aromatic amines is 1. The normalized spacial score (nSPS) is 24.6. The molecule has 3 rings (SSSR count). The molecule has 0 saturated carbocycles. The first-order chi connectivity index (χ1) is 8.16. The van der Waals surface area contributed by atoms with Crippen molar-refractivity contribution in [1.29, 1.82) is 0 Å². The van der Waals surface area contributed by atoms with Crippen LogP contribution in [0, 0.1) is 8.34 Å². The molecule has 1 aromatic heterocycles. The van der Waals surface area contributed by atoms with Gasteiger partial charge in [0, 0.05) is 10.2 Å². The minimum atomic E-state index is 0.236. The largest absolute Gasteiger partial charge is 0.376 e. The van der Waals surface area contributed by atoms with E-state index < -0.39 is 0 Å². The molecule has 1 aliphatic rings. The Morgan fingerprint density at radius 2 is 2.35 bits per heavy atom. The molecule has 5 heteroatoms. The fourth-order valence-corrected chi connectivity index (χ4v) is 3.33. The monoisotopic (exact) mass is 360 g/mol. The molecule has 1 saturated heterocycles. The van der Waals surface area contributed by atoms with Gasteiger partial charge in [0.25, 0.3) is 0 Å². The summed E-state index contributed by atoms with van der Waals surface area (Å²) in [4.78, 5) is 3.28. The lowest BCUT2D eigenvalue weighted by Crippen LogP contribution is -2.16. The van der Waals surface area contributed by atoms with Crippen molar-refractivity contribution < 1.29 is 4.74 Å². The second-order valence-corrected chi connectivity index (χ2v) is 6.03. The van der Waals surface area contributed by atoms with Crippen LogP contribution < -0.4 is 0 Å². The van der Waals surface area contributed by atoms with Gasteiger partial charge in [0.15, 0.2) is 4.77 Å². The van der Waals surface area contributed by atoms with Gasteiger partial charge in [-0.05, 0) is 66.4 Å². The zero-order valence-electron chi connectivity index (χ0n) is 9.44. The van der Waals surface area contributed by atoms with E-state index in [2.05, 4.69) is 57.3 Å². The highest BCUT2D eigenvalue weighted by molar-refractivity contribution is 14.1. The summed E-state index contributed by atoms with van der Waals surface area (Å²) >= 11 is 7.75. The Kier molecular flexibility index (Phi) is 3.00. The van der Waals surface area contributed by atoms with Crippen LogP contribution in [0.25, 0.3) is 11.0 Å². The van der Waals surface area contributed by atoms with Crippen LogP contribution in [-0.4, -0.2) is 22.3 Å². The number of H-pyrrole nitrogens is 1. The number of hydrogen-bond acceptors (Lipinski definition) is 2. The SMILES string of the molecule is CC1OCCC1n1c(=S)[nH]c2cc(I)ccc21. The van der Waals surface area contributed by atoms with Crippen molar-refractivity contribution in [3.05, 3.63) is 26.5 Å². The Morgan fingerprint density at radius 1 is 1.53 bits per heavy atom. The minimum Gasteiger partial charge on any atom is -0.376 e. The van der Waals surface area contributed by atoms with Crippen LogP contribution in [0.15, 0.2) is 18.2 Å². The Labute approximate surface area is 118 Å². The van der Waals surface area contributed by atoms with Gasteiger partial charge in [0.1, 0.15) is 0 Å². The van der Waals surface area contributed by atoms with E-state index in [9.17, 15) is 0 Å². The van der Waals surface area contributed by atoms with Gasteiger partial charge >= 0.3 is 0 Å². The number of fused-ring (bicyclic) bond motifs is 1. The average molecular weight is 360 g/mol. The number of rotatable bonds is 1. The number of ether oxygens (including phenoxy) is 1. The predicted octanol–water partition coefficient (Wildman–Crippen LogP) is 3.65. The summed E-state index contributed by atoms with van der Waals surface area (Å²) in [6, 6.07) is 6.73. The van der Waals surface area contributed by atoms with Gasteiger partial charge in [-0.2, -0.15) is 0 Å². The van der Waals surface area contributed by atoms with E-state index in [0.717, 1.165) is 23.3 Å². The van der Waals surface area contributed by atoms with Crippen molar-refractivity contribution in [2.45, 2.75) is 25.5 Å². The number of aromatic nitrogens is 2. The summed E-state index contributed by atoms with van der Waals surface area (Å²) in [6.07, 6.45) is 1.27. The van der Waals surface area contributed by atoms with E-state index in [-0.39, 0.29) is 6.10 Å². The summed E-state index contributed by atoms with van der Waals surface area (Å²) in [6.45, 7) is 2.94. The maximum absolute atomic E-state index is 5.63. The van der Waals surface area contributed by atoms with Crippen molar-refractivity contribution in [2.75, 3.05) is 6.61 Å². The fourth-order valence-electron chi connectivity index (χ4n) is 2.49. The van der Waals surface area contributed by atoms with Crippen LogP contribution >= 0.6 is 34.8 Å². The molecule has 1 aliphatic heterocycles. The van der Waals surface area contributed by atoms with E-state index in [4.69, 9.17) is 17.0 Å². The van der Waals surface area contributed by atoms with Crippen LogP contribution in [0.5, 0.6) is 0 Å². The first-order valence-corrected chi connectivity index (χ1v) is 7.17. The molecule has 2 heterocycles. The van der Waals surface area contributed by atoms with E-state index >= 15 is 0 Å². The second-order valence-electron chi connectivity index (χ2n) is 4.39. The molecule has 0 spiro atoms. The van der Waals surface area contributed by atoms with E-state index in [0.29, 0.717) is 6.04 Å². The van der Waals surface area contributed by atoms with Gasteiger partial charge in [-0.25, -0.2) is 0 Å². The number of nitrogens with zero attached hydrogens (tertiary/aromatic N) is 1. The third-order valence-electron chi connectivity index (χ3n) is 3.35. The Bertz CT molecular complexity index is 618.